The van der Waals surface area contributed by atoms with Crippen LogP contribution >= 0.6 is 0 Å². The molecule has 12 heavy (non-hydrogen) atoms. The predicted octanol–water partition coefficient (Wildman–Crippen LogP) is 1.22. The molecule has 0 saturated carbocycles. The first-order chi connectivity index (χ1) is 5.77. The van der Waals surface area contributed by atoms with Gasteiger partial charge in [-0.25, -0.2) is 0 Å². The van der Waals surface area contributed by atoms with E-state index in [4.69, 9.17) is 5.11 Å². The van der Waals surface area contributed by atoms with Crippen LogP contribution in [0.1, 0.15) is 6.42 Å². The molecule has 4 heteroatoms. The van der Waals surface area contributed by atoms with Crippen LogP contribution in [-0.2, 0) is 0 Å². The minimum absolute atomic E-state index is 0.135. The molecule has 2 heterocycles. The molecule has 0 bridgehead atoms. The molecule has 0 unspecified atom stereocenters. The summed E-state index contributed by atoms with van der Waals surface area (Å²) in [6.45, 7) is 0. The van der Waals surface area contributed by atoms with Crippen molar-refractivity contribution in [3.05, 3.63) is 36.2 Å². The van der Waals surface area contributed by atoms with Gasteiger partial charge in [-0.3, -0.25) is 4.90 Å². The third kappa shape index (κ3) is 0.984. The fourth-order valence-corrected chi connectivity index (χ4v) is 1.09. The van der Waals surface area contributed by atoms with Gasteiger partial charge in [0.05, 0.1) is 0 Å². The average Bonchev–Trinajstić information content (AvgIpc) is 2.04. The SMILES string of the molecule is OC1=C=C(O)N2C=CC[CH]C2=N1. The number of aliphatic hydroxyl groups is 2. The van der Waals surface area contributed by atoms with Gasteiger partial charge in [-0.1, -0.05) is 6.08 Å². The van der Waals surface area contributed by atoms with E-state index >= 15 is 0 Å². The zero-order valence-electron chi connectivity index (χ0n) is 6.23. The molecule has 0 aromatic carbocycles. The zero-order valence-corrected chi connectivity index (χ0v) is 6.23. The maximum atomic E-state index is 9.27. The first-order valence-corrected chi connectivity index (χ1v) is 3.54. The summed E-state index contributed by atoms with van der Waals surface area (Å²) in [5, 5.41) is 18.3. The molecule has 2 N–H and O–H groups in total. The molecule has 2 rings (SSSR count). The summed E-state index contributed by atoms with van der Waals surface area (Å²) in [6.07, 6.45) is 6.12. The summed E-state index contributed by atoms with van der Waals surface area (Å²) >= 11 is 0. The molecular formula is C8H7N2O2. The summed E-state index contributed by atoms with van der Waals surface area (Å²) in [7, 11) is 0. The molecule has 0 aliphatic carbocycles. The van der Waals surface area contributed by atoms with Crippen LogP contribution < -0.4 is 0 Å². The van der Waals surface area contributed by atoms with Crippen LogP contribution in [0.15, 0.2) is 34.8 Å². The fraction of sp³-hybridized carbons (Fsp3) is 0.125. The van der Waals surface area contributed by atoms with Crippen LogP contribution in [0.5, 0.6) is 0 Å². The lowest BCUT2D eigenvalue weighted by Crippen LogP contribution is -2.29. The Morgan fingerprint density at radius 2 is 2.33 bits per heavy atom. The number of aliphatic imine (C=N–C) groups is 1. The highest BCUT2D eigenvalue weighted by Gasteiger charge is 2.19. The Kier molecular flexibility index (Phi) is 1.42. The van der Waals surface area contributed by atoms with Gasteiger partial charge in [0, 0.05) is 18.4 Å². The van der Waals surface area contributed by atoms with Crippen molar-refractivity contribution in [3.8, 4) is 0 Å². The maximum Gasteiger partial charge on any atom is 0.264 e. The Morgan fingerprint density at radius 1 is 1.50 bits per heavy atom. The highest BCUT2D eigenvalue weighted by molar-refractivity contribution is 5.94. The number of rotatable bonds is 0. The third-order valence-electron chi connectivity index (χ3n) is 1.61. The summed E-state index contributed by atoms with van der Waals surface area (Å²) < 4.78 is 0. The van der Waals surface area contributed by atoms with Crippen LogP contribution in [0.25, 0.3) is 0 Å². The number of nitrogens with zero attached hydrogens (tertiary/aromatic N) is 2. The van der Waals surface area contributed by atoms with Crippen molar-refractivity contribution in [1.29, 1.82) is 0 Å². The van der Waals surface area contributed by atoms with E-state index in [1.165, 1.54) is 4.90 Å². The van der Waals surface area contributed by atoms with E-state index in [1.807, 2.05) is 6.08 Å². The minimum Gasteiger partial charge on any atom is -0.488 e. The van der Waals surface area contributed by atoms with Crippen LogP contribution in [0, 0.1) is 6.42 Å². The third-order valence-corrected chi connectivity index (χ3v) is 1.61. The predicted molar refractivity (Wildman–Crippen MR) is 43.1 cm³/mol. The average molecular weight is 163 g/mol. The van der Waals surface area contributed by atoms with Crippen LogP contribution in [0.2, 0.25) is 0 Å². The summed E-state index contributed by atoms with van der Waals surface area (Å²) in [4.78, 5) is 5.22. The quantitative estimate of drug-likeness (QED) is 0.528. The van der Waals surface area contributed by atoms with Crippen molar-refractivity contribution < 1.29 is 10.2 Å². The molecule has 4 nitrogen and oxygen atoms in total. The second kappa shape index (κ2) is 2.43. The minimum atomic E-state index is -0.287. The van der Waals surface area contributed by atoms with E-state index in [0.29, 0.717) is 5.84 Å². The topological polar surface area (TPSA) is 56.1 Å². The molecule has 0 spiro atoms. The lowest BCUT2D eigenvalue weighted by molar-refractivity contribution is 0.302. The summed E-state index contributed by atoms with van der Waals surface area (Å²) in [5.74, 6) is 0.112. The number of hydrogen-bond donors (Lipinski definition) is 2. The molecule has 0 saturated heterocycles. The van der Waals surface area contributed by atoms with Gasteiger partial charge in [-0.15, -0.1) is 0 Å². The Morgan fingerprint density at radius 3 is 3.17 bits per heavy atom. The summed E-state index contributed by atoms with van der Waals surface area (Å²) in [6, 6.07) is 0. The second-order valence-corrected chi connectivity index (χ2v) is 2.44. The normalized spacial score (nSPS) is 21.0. The molecule has 0 aromatic heterocycles. The van der Waals surface area contributed by atoms with E-state index < -0.39 is 0 Å². The summed E-state index contributed by atoms with van der Waals surface area (Å²) in [5.41, 5.74) is 2.29. The number of amidine groups is 1. The largest absolute Gasteiger partial charge is 0.488 e. The lowest BCUT2D eigenvalue weighted by Gasteiger charge is -2.23. The number of fused-ring (bicyclic) bond motifs is 1. The zero-order chi connectivity index (χ0) is 8.55. The van der Waals surface area contributed by atoms with E-state index in [2.05, 4.69) is 10.7 Å². The van der Waals surface area contributed by atoms with Crippen molar-refractivity contribution in [2.24, 2.45) is 4.99 Å². The maximum absolute atomic E-state index is 9.27. The van der Waals surface area contributed by atoms with Gasteiger partial charge in [0.15, 0.2) is 0 Å². The molecule has 61 valence electrons. The Labute approximate surface area is 69.5 Å². The Balaban J connectivity index is 2.47. The molecule has 1 radical (unpaired) electrons. The van der Waals surface area contributed by atoms with Crippen molar-refractivity contribution in [3.63, 3.8) is 0 Å². The van der Waals surface area contributed by atoms with Crippen molar-refractivity contribution in [1.82, 2.24) is 4.90 Å². The highest BCUT2D eigenvalue weighted by Crippen LogP contribution is 2.17. The van der Waals surface area contributed by atoms with Gasteiger partial charge < -0.3 is 10.2 Å². The van der Waals surface area contributed by atoms with E-state index in [0.717, 1.165) is 6.42 Å². The van der Waals surface area contributed by atoms with Crippen LogP contribution in [0.3, 0.4) is 0 Å². The molecular weight excluding hydrogens is 156 g/mol. The monoisotopic (exact) mass is 163 g/mol. The van der Waals surface area contributed by atoms with E-state index in [1.54, 1.807) is 12.6 Å². The van der Waals surface area contributed by atoms with E-state index in [-0.39, 0.29) is 11.8 Å². The van der Waals surface area contributed by atoms with Crippen LogP contribution in [-0.4, -0.2) is 20.9 Å². The first kappa shape index (κ1) is 7.00. The van der Waals surface area contributed by atoms with Crippen molar-refractivity contribution in [2.45, 2.75) is 6.42 Å². The molecule has 0 fully saturated rings. The van der Waals surface area contributed by atoms with E-state index in [9.17, 15) is 5.11 Å². The molecule has 2 aliphatic heterocycles. The lowest BCUT2D eigenvalue weighted by atomic mass is 10.2. The number of hydrogen-bond acceptors (Lipinski definition) is 4. The van der Waals surface area contributed by atoms with Crippen molar-refractivity contribution in [2.75, 3.05) is 0 Å². The molecule has 0 atom stereocenters. The Bertz CT molecular complexity index is 335. The second-order valence-electron chi connectivity index (χ2n) is 2.44. The molecule has 0 amide bonds. The van der Waals surface area contributed by atoms with Gasteiger partial charge in [0.25, 0.3) is 5.88 Å². The van der Waals surface area contributed by atoms with Gasteiger partial charge in [0.2, 0.25) is 5.88 Å². The standard InChI is InChI=1S/C8H7N2O2/c11-7-5-8(12)10-4-2-1-3-6(10)9-7/h2-4,11-12H,1H2. The fourth-order valence-electron chi connectivity index (χ4n) is 1.09. The first-order valence-electron chi connectivity index (χ1n) is 3.54. The van der Waals surface area contributed by atoms with Gasteiger partial charge in [-0.05, 0) is 6.42 Å². The smallest absolute Gasteiger partial charge is 0.264 e. The van der Waals surface area contributed by atoms with Gasteiger partial charge in [0.1, 0.15) is 5.84 Å². The Hall–Kier alpha value is -1.67. The van der Waals surface area contributed by atoms with Crippen LogP contribution in [0.4, 0.5) is 0 Å². The number of aliphatic hydroxyl groups excluding tert-OH is 2. The van der Waals surface area contributed by atoms with Gasteiger partial charge in [-0.2, -0.15) is 4.99 Å². The number of allylic oxidation sites excluding steroid dienone is 1. The van der Waals surface area contributed by atoms with Gasteiger partial charge >= 0.3 is 0 Å². The highest BCUT2D eigenvalue weighted by atomic mass is 16.3. The van der Waals surface area contributed by atoms with Crippen molar-refractivity contribution >= 4 is 5.84 Å². The molecule has 2 aliphatic rings. The molecule has 0 aromatic rings.